The molecule has 1 N–H and O–H groups in total. The predicted molar refractivity (Wildman–Crippen MR) is 70.5 cm³/mol. The van der Waals surface area contributed by atoms with E-state index in [4.69, 9.17) is 4.74 Å². The quantitative estimate of drug-likeness (QED) is 0.877. The summed E-state index contributed by atoms with van der Waals surface area (Å²) in [7, 11) is 0. The second-order valence-electron chi connectivity index (χ2n) is 4.19. The Labute approximate surface area is 107 Å². The molecule has 3 heteroatoms. The summed E-state index contributed by atoms with van der Waals surface area (Å²) in [6.07, 6.45) is 2.54. The van der Waals surface area contributed by atoms with E-state index in [1.54, 1.807) is 6.20 Å². The van der Waals surface area contributed by atoms with E-state index in [9.17, 15) is 5.11 Å². The van der Waals surface area contributed by atoms with E-state index < -0.39 is 0 Å². The molecule has 0 bridgehead atoms. The third kappa shape index (κ3) is 3.31. The summed E-state index contributed by atoms with van der Waals surface area (Å²) in [5.41, 5.74) is 2.96. The molecule has 1 aromatic carbocycles. The number of pyridine rings is 1. The number of hydrogen-bond acceptors (Lipinski definition) is 3. The second-order valence-corrected chi connectivity index (χ2v) is 4.19. The number of aliphatic hydroxyl groups excluding tert-OH is 1. The normalized spacial score (nSPS) is 10.3. The molecule has 18 heavy (non-hydrogen) atoms. The van der Waals surface area contributed by atoms with E-state index in [-0.39, 0.29) is 6.61 Å². The average Bonchev–Trinajstić information content (AvgIpc) is 2.41. The highest BCUT2D eigenvalue weighted by atomic mass is 16.5. The van der Waals surface area contributed by atoms with Gasteiger partial charge in [0, 0.05) is 23.9 Å². The van der Waals surface area contributed by atoms with Gasteiger partial charge >= 0.3 is 0 Å². The monoisotopic (exact) mass is 243 g/mol. The van der Waals surface area contributed by atoms with E-state index in [0.29, 0.717) is 6.61 Å². The Hall–Kier alpha value is -1.87. The smallest absolute Gasteiger partial charge is 0.124 e. The van der Waals surface area contributed by atoms with Crippen LogP contribution in [0.4, 0.5) is 0 Å². The number of ether oxygens (including phenoxy) is 1. The van der Waals surface area contributed by atoms with E-state index in [2.05, 4.69) is 4.98 Å². The van der Waals surface area contributed by atoms with Crippen LogP contribution in [0.25, 0.3) is 0 Å². The minimum absolute atomic E-state index is 0.000596. The summed E-state index contributed by atoms with van der Waals surface area (Å²) in [5, 5.41) is 9.27. The predicted octanol–water partition coefficient (Wildman–Crippen LogP) is 2.50. The molecule has 1 heterocycles. The molecule has 1 aromatic heterocycles. The SMILES string of the molecule is Cc1ccc(OCCc2ccccn2)c(CO)c1. The number of aromatic nitrogens is 1. The number of benzene rings is 1. The largest absolute Gasteiger partial charge is 0.493 e. The fourth-order valence-corrected chi connectivity index (χ4v) is 1.78. The van der Waals surface area contributed by atoms with Gasteiger partial charge in [0.05, 0.1) is 13.2 Å². The van der Waals surface area contributed by atoms with Gasteiger partial charge in [-0.15, -0.1) is 0 Å². The van der Waals surface area contributed by atoms with Gasteiger partial charge in [-0.2, -0.15) is 0 Å². The molecule has 0 aliphatic heterocycles. The van der Waals surface area contributed by atoms with E-state index in [1.165, 1.54) is 0 Å². The summed E-state index contributed by atoms with van der Waals surface area (Å²) < 4.78 is 5.69. The molecule has 0 spiro atoms. The van der Waals surface area contributed by atoms with Crippen molar-refractivity contribution in [1.29, 1.82) is 0 Å². The highest BCUT2D eigenvalue weighted by molar-refractivity contribution is 5.36. The molecule has 94 valence electrons. The van der Waals surface area contributed by atoms with Crippen LogP contribution in [-0.2, 0) is 13.0 Å². The lowest BCUT2D eigenvalue weighted by atomic mass is 10.1. The van der Waals surface area contributed by atoms with E-state index in [0.717, 1.165) is 29.0 Å². The first-order valence-corrected chi connectivity index (χ1v) is 6.02. The Morgan fingerprint density at radius 1 is 1.22 bits per heavy atom. The van der Waals surface area contributed by atoms with Crippen LogP contribution in [-0.4, -0.2) is 16.7 Å². The number of hydrogen-bond donors (Lipinski definition) is 1. The van der Waals surface area contributed by atoms with Gasteiger partial charge in [0.2, 0.25) is 0 Å². The van der Waals surface area contributed by atoms with Crippen LogP contribution in [0.15, 0.2) is 42.6 Å². The van der Waals surface area contributed by atoms with Gasteiger partial charge in [0.15, 0.2) is 0 Å². The summed E-state index contributed by atoms with van der Waals surface area (Å²) >= 11 is 0. The van der Waals surface area contributed by atoms with Crippen molar-refractivity contribution in [2.24, 2.45) is 0 Å². The molecule has 0 aliphatic rings. The first-order chi connectivity index (χ1) is 8.79. The number of aliphatic hydroxyl groups is 1. The summed E-state index contributed by atoms with van der Waals surface area (Å²) in [6.45, 7) is 2.56. The molecule has 0 saturated heterocycles. The topological polar surface area (TPSA) is 42.4 Å². The van der Waals surface area contributed by atoms with E-state index >= 15 is 0 Å². The van der Waals surface area contributed by atoms with Crippen molar-refractivity contribution in [3.8, 4) is 5.75 Å². The van der Waals surface area contributed by atoms with Crippen LogP contribution in [0.2, 0.25) is 0 Å². The lowest BCUT2D eigenvalue weighted by molar-refractivity contribution is 0.263. The van der Waals surface area contributed by atoms with Gasteiger partial charge in [-0.3, -0.25) is 4.98 Å². The summed E-state index contributed by atoms with van der Waals surface area (Å²) in [5.74, 6) is 0.749. The number of nitrogens with zero attached hydrogens (tertiary/aromatic N) is 1. The first-order valence-electron chi connectivity index (χ1n) is 6.02. The maximum absolute atomic E-state index is 9.27. The maximum atomic E-state index is 9.27. The molecule has 2 aromatic rings. The molecule has 0 radical (unpaired) electrons. The van der Waals surface area contributed by atoms with Crippen molar-refractivity contribution in [2.75, 3.05) is 6.61 Å². The van der Waals surface area contributed by atoms with Crippen LogP contribution in [0, 0.1) is 6.92 Å². The molecule has 0 amide bonds. The van der Waals surface area contributed by atoms with Crippen LogP contribution in [0.1, 0.15) is 16.8 Å². The molecule has 0 unspecified atom stereocenters. The van der Waals surface area contributed by atoms with Crippen LogP contribution in [0.3, 0.4) is 0 Å². The summed E-state index contributed by atoms with van der Waals surface area (Å²) in [4.78, 5) is 4.24. The van der Waals surface area contributed by atoms with Crippen molar-refractivity contribution >= 4 is 0 Å². The molecule has 0 saturated carbocycles. The van der Waals surface area contributed by atoms with Gasteiger partial charge in [-0.05, 0) is 25.1 Å². The van der Waals surface area contributed by atoms with Crippen molar-refractivity contribution in [1.82, 2.24) is 4.98 Å². The first kappa shape index (κ1) is 12.6. The molecule has 0 aliphatic carbocycles. The molecule has 3 nitrogen and oxygen atoms in total. The lowest BCUT2D eigenvalue weighted by Gasteiger charge is -2.10. The van der Waals surface area contributed by atoms with Crippen LogP contribution in [0.5, 0.6) is 5.75 Å². The fraction of sp³-hybridized carbons (Fsp3) is 0.267. The van der Waals surface area contributed by atoms with Crippen LogP contribution < -0.4 is 4.74 Å². The lowest BCUT2D eigenvalue weighted by Crippen LogP contribution is -2.04. The molecule has 0 fully saturated rings. The Morgan fingerprint density at radius 2 is 2.11 bits per heavy atom. The number of rotatable bonds is 5. The molecule has 2 rings (SSSR count). The van der Waals surface area contributed by atoms with Crippen molar-refractivity contribution in [3.05, 3.63) is 59.4 Å². The molecule has 0 atom stereocenters. The van der Waals surface area contributed by atoms with Gasteiger partial charge in [0.25, 0.3) is 0 Å². The minimum Gasteiger partial charge on any atom is -0.493 e. The number of aryl methyl sites for hydroxylation is 1. The second kappa shape index (κ2) is 6.17. The average molecular weight is 243 g/mol. The standard InChI is InChI=1S/C15H17NO2/c1-12-5-6-15(13(10-12)11-17)18-9-7-14-4-2-3-8-16-14/h2-6,8,10,17H,7,9,11H2,1H3. The third-order valence-corrected chi connectivity index (χ3v) is 2.73. The van der Waals surface area contributed by atoms with Gasteiger partial charge < -0.3 is 9.84 Å². The van der Waals surface area contributed by atoms with Gasteiger partial charge in [0.1, 0.15) is 5.75 Å². The van der Waals surface area contributed by atoms with Gasteiger partial charge in [-0.25, -0.2) is 0 Å². The van der Waals surface area contributed by atoms with Crippen molar-refractivity contribution < 1.29 is 9.84 Å². The maximum Gasteiger partial charge on any atom is 0.124 e. The zero-order valence-electron chi connectivity index (χ0n) is 10.5. The zero-order chi connectivity index (χ0) is 12.8. The Bertz CT molecular complexity index is 497. The minimum atomic E-state index is 0.000596. The molecular formula is C15H17NO2. The Balaban J connectivity index is 1.94. The Kier molecular flexibility index (Phi) is 4.31. The highest BCUT2D eigenvalue weighted by Gasteiger charge is 2.03. The fourth-order valence-electron chi connectivity index (χ4n) is 1.78. The Morgan fingerprint density at radius 3 is 2.83 bits per heavy atom. The zero-order valence-corrected chi connectivity index (χ0v) is 10.5. The molecular weight excluding hydrogens is 226 g/mol. The summed E-state index contributed by atoms with van der Waals surface area (Å²) in [6, 6.07) is 11.7. The van der Waals surface area contributed by atoms with Crippen LogP contribution >= 0.6 is 0 Å². The highest BCUT2D eigenvalue weighted by Crippen LogP contribution is 2.20. The van der Waals surface area contributed by atoms with E-state index in [1.807, 2.05) is 43.3 Å². The van der Waals surface area contributed by atoms with Gasteiger partial charge in [-0.1, -0.05) is 23.8 Å². The van der Waals surface area contributed by atoms with Crippen molar-refractivity contribution in [3.63, 3.8) is 0 Å². The third-order valence-electron chi connectivity index (χ3n) is 2.73. The van der Waals surface area contributed by atoms with Crippen molar-refractivity contribution in [2.45, 2.75) is 20.0 Å².